The van der Waals surface area contributed by atoms with Gasteiger partial charge in [0.05, 0.1) is 33.1 Å². The van der Waals surface area contributed by atoms with E-state index in [1.807, 2.05) is 0 Å². The average molecular weight is 347 g/mol. The van der Waals surface area contributed by atoms with Crippen LogP contribution in [0.3, 0.4) is 0 Å². The molecular formula is C16H12Cl2N4O. The summed E-state index contributed by atoms with van der Waals surface area (Å²) in [5.41, 5.74) is 6.02. The molecule has 0 fully saturated rings. The van der Waals surface area contributed by atoms with E-state index in [0.717, 1.165) is 16.6 Å². The summed E-state index contributed by atoms with van der Waals surface area (Å²) in [5, 5.41) is 5.01. The van der Waals surface area contributed by atoms with Crippen molar-refractivity contribution < 1.29 is 4.79 Å². The first kappa shape index (κ1) is 15.5. The second-order valence-corrected chi connectivity index (χ2v) is 5.72. The molecule has 7 heteroatoms. The average Bonchev–Trinajstić information content (AvgIpc) is 3.02. The molecule has 0 bridgehead atoms. The number of nitrogens with zero attached hydrogens (tertiary/aromatic N) is 2. The highest BCUT2D eigenvalue weighted by molar-refractivity contribution is 6.42. The van der Waals surface area contributed by atoms with Crippen molar-refractivity contribution in [1.29, 1.82) is 0 Å². The van der Waals surface area contributed by atoms with E-state index < -0.39 is 0 Å². The minimum Gasteiger partial charge on any atom is -0.345 e. The smallest absolute Gasteiger partial charge is 0.271 e. The van der Waals surface area contributed by atoms with Crippen LogP contribution in [-0.2, 0) is 0 Å². The largest absolute Gasteiger partial charge is 0.345 e. The van der Waals surface area contributed by atoms with Crippen LogP contribution in [0.15, 0.2) is 47.8 Å². The van der Waals surface area contributed by atoms with Crippen molar-refractivity contribution in [3.05, 3.63) is 63.9 Å². The summed E-state index contributed by atoms with van der Waals surface area (Å²) in [6, 6.07) is 10.4. The predicted octanol–water partition coefficient (Wildman–Crippen LogP) is 4.02. The molecule has 2 N–H and O–H groups in total. The van der Waals surface area contributed by atoms with Crippen molar-refractivity contribution in [2.45, 2.75) is 6.92 Å². The Morgan fingerprint density at radius 1 is 1.13 bits per heavy atom. The monoisotopic (exact) mass is 346 g/mol. The number of carbonyl (C=O) groups is 1. The quantitative estimate of drug-likeness (QED) is 0.555. The molecule has 3 aromatic rings. The Morgan fingerprint density at radius 3 is 2.70 bits per heavy atom. The molecule has 0 aliphatic carbocycles. The van der Waals surface area contributed by atoms with Gasteiger partial charge in [-0.1, -0.05) is 29.3 Å². The number of carbonyl (C=O) groups excluding carboxylic acids is 1. The molecular weight excluding hydrogens is 335 g/mol. The molecule has 1 amide bonds. The van der Waals surface area contributed by atoms with E-state index >= 15 is 0 Å². The van der Waals surface area contributed by atoms with Crippen LogP contribution in [0.1, 0.15) is 22.8 Å². The highest BCUT2D eigenvalue weighted by atomic mass is 35.5. The van der Waals surface area contributed by atoms with Crippen molar-refractivity contribution in [3.8, 4) is 0 Å². The molecule has 1 aromatic heterocycles. The Hall–Kier alpha value is -2.37. The van der Waals surface area contributed by atoms with Gasteiger partial charge in [0.1, 0.15) is 0 Å². The molecule has 0 saturated heterocycles. The van der Waals surface area contributed by atoms with Crippen LogP contribution < -0.4 is 5.43 Å². The van der Waals surface area contributed by atoms with E-state index in [9.17, 15) is 4.79 Å². The lowest BCUT2D eigenvalue weighted by Crippen LogP contribution is -2.19. The lowest BCUT2D eigenvalue weighted by molar-refractivity contribution is 0.0955. The third kappa shape index (κ3) is 3.36. The number of rotatable bonds is 3. The molecule has 0 atom stereocenters. The number of nitrogens with one attached hydrogen (secondary N) is 2. The molecule has 3 rings (SSSR count). The maximum Gasteiger partial charge on any atom is 0.271 e. The Labute approximate surface area is 142 Å². The summed E-state index contributed by atoms with van der Waals surface area (Å²) in [6.45, 7) is 1.78. The fourth-order valence-electron chi connectivity index (χ4n) is 2.06. The number of H-pyrrole nitrogens is 1. The minimum absolute atomic E-state index is 0.305. The van der Waals surface area contributed by atoms with E-state index in [0.29, 0.717) is 21.3 Å². The van der Waals surface area contributed by atoms with E-state index in [2.05, 4.69) is 20.5 Å². The molecule has 0 saturated carbocycles. The molecule has 0 radical (unpaired) electrons. The van der Waals surface area contributed by atoms with E-state index in [4.69, 9.17) is 23.2 Å². The number of hydrogen-bond donors (Lipinski definition) is 2. The first-order valence-electron chi connectivity index (χ1n) is 6.78. The normalized spacial score (nSPS) is 11.7. The molecule has 5 nitrogen and oxygen atoms in total. The van der Waals surface area contributed by atoms with Gasteiger partial charge in [0.2, 0.25) is 0 Å². The van der Waals surface area contributed by atoms with Crippen molar-refractivity contribution in [1.82, 2.24) is 15.4 Å². The zero-order chi connectivity index (χ0) is 16.4. The number of aromatic amines is 1. The number of fused-ring (bicyclic) bond motifs is 1. The van der Waals surface area contributed by atoms with Gasteiger partial charge in [-0.2, -0.15) is 5.10 Å². The topological polar surface area (TPSA) is 70.1 Å². The van der Waals surface area contributed by atoms with Gasteiger partial charge in [-0.05, 0) is 42.8 Å². The molecule has 2 aromatic carbocycles. The standard InChI is InChI=1S/C16H12Cl2N4O/c1-9(10-2-4-12(17)13(18)6-10)21-22-16(23)11-3-5-14-15(7-11)20-8-19-14/h2-8H,1H3,(H,19,20)(H,22,23)/b21-9-. The minimum atomic E-state index is -0.305. The van der Waals surface area contributed by atoms with Crippen LogP contribution >= 0.6 is 23.2 Å². The zero-order valence-electron chi connectivity index (χ0n) is 12.1. The van der Waals surface area contributed by atoms with Crippen LogP contribution in [0.2, 0.25) is 10.0 Å². The molecule has 116 valence electrons. The third-order valence-corrected chi connectivity index (χ3v) is 4.08. The van der Waals surface area contributed by atoms with Gasteiger partial charge >= 0.3 is 0 Å². The fourth-order valence-corrected chi connectivity index (χ4v) is 2.36. The first-order valence-corrected chi connectivity index (χ1v) is 7.53. The van der Waals surface area contributed by atoms with Crippen LogP contribution in [-0.4, -0.2) is 21.6 Å². The third-order valence-electron chi connectivity index (χ3n) is 3.34. The Bertz CT molecular complexity index is 917. The number of hydrogen-bond acceptors (Lipinski definition) is 3. The van der Waals surface area contributed by atoms with Crippen LogP contribution in [0.25, 0.3) is 11.0 Å². The van der Waals surface area contributed by atoms with Gasteiger partial charge < -0.3 is 4.98 Å². The van der Waals surface area contributed by atoms with E-state index in [-0.39, 0.29) is 5.91 Å². The van der Waals surface area contributed by atoms with Gasteiger partial charge in [-0.25, -0.2) is 10.4 Å². The SMILES string of the molecule is C/C(=N/NC(=O)c1ccc2nc[nH]c2c1)c1ccc(Cl)c(Cl)c1. The molecule has 0 spiro atoms. The molecule has 0 unspecified atom stereocenters. The van der Waals surface area contributed by atoms with E-state index in [1.165, 1.54) is 0 Å². The summed E-state index contributed by atoms with van der Waals surface area (Å²) < 4.78 is 0. The van der Waals surface area contributed by atoms with Gasteiger partial charge in [-0.15, -0.1) is 0 Å². The van der Waals surface area contributed by atoms with Crippen molar-refractivity contribution in [2.75, 3.05) is 0 Å². The summed E-state index contributed by atoms with van der Waals surface area (Å²) in [7, 11) is 0. The highest BCUT2D eigenvalue weighted by Gasteiger charge is 2.08. The summed E-state index contributed by atoms with van der Waals surface area (Å²) in [6.07, 6.45) is 1.58. The van der Waals surface area contributed by atoms with Crippen LogP contribution in [0, 0.1) is 0 Å². The molecule has 1 heterocycles. The predicted molar refractivity (Wildman–Crippen MR) is 92.2 cm³/mol. The number of hydrazone groups is 1. The number of halogens is 2. The van der Waals surface area contributed by atoms with E-state index in [1.54, 1.807) is 49.6 Å². The van der Waals surface area contributed by atoms with Crippen molar-refractivity contribution >= 4 is 45.9 Å². The Kier molecular flexibility index (Phi) is 4.32. The second-order valence-electron chi connectivity index (χ2n) is 4.90. The van der Waals surface area contributed by atoms with Crippen LogP contribution in [0.5, 0.6) is 0 Å². The number of aromatic nitrogens is 2. The number of amides is 1. The molecule has 23 heavy (non-hydrogen) atoms. The summed E-state index contributed by atoms with van der Waals surface area (Å²) >= 11 is 11.9. The highest BCUT2D eigenvalue weighted by Crippen LogP contribution is 2.22. The van der Waals surface area contributed by atoms with Gasteiger partial charge in [0, 0.05) is 5.56 Å². The Morgan fingerprint density at radius 2 is 1.91 bits per heavy atom. The summed E-state index contributed by atoms with van der Waals surface area (Å²) in [5.74, 6) is -0.305. The Balaban J connectivity index is 1.77. The lowest BCUT2D eigenvalue weighted by atomic mass is 10.1. The maximum absolute atomic E-state index is 12.2. The van der Waals surface area contributed by atoms with Crippen molar-refractivity contribution in [3.63, 3.8) is 0 Å². The van der Waals surface area contributed by atoms with Gasteiger partial charge in [-0.3, -0.25) is 4.79 Å². The summed E-state index contributed by atoms with van der Waals surface area (Å²) in [4.78, 5) is 19.2. The van der Waals surface area contributed by atoms with Gasteiger partial charge in [0.15, 0.2) is 0 Å². The first-order chi connectivity index (χ1) is 11.0. The van der Waals surface area contributed by atoms with Crippen molar-refractivity contribution in [2.24, 2.45) is 5.10 Å². The molecule has 0 aliphatic rings. The fraction of sp³-hybridized carbons (Fsp3) is 0.0625. The number of benzene rings is 2. The maximum atomic E-state index is 12.2. The zero-order valence-corrected chi connectivity index (χ0v) is 13.6. The van der Waals surface area contributed by atoms with Crippen LogP contribution in [0.4, 0.5) is 0 Å². The molecule has 0 aliphatic heterocycles. The second kappa shape index (κ2) is 6.40. The van der Waals surface area contributed by atoms with Gasteiger partial charge in [0.25, 0.3) is 5.91 Å². The number of imidazole rings is 1. The lowest BCUT2D eigenvalue weighted by Gasteiger charge is -2.04.